The Bertz CT molecular complexity index is 510. The molecule has 0 saturated heterocycles. The highest BCUT2D eigenvalue weighted by atomic mass is 19.1. The fourth-order valence-corrected chi connectivity index (χ4v) is 1.81. The van der Waals surface area contributed by atoms with E-state index >= 15 is 0 Å². The summed E-state index contributed by atoms with van der Waals surface area (Å²) in [5.41, 5.74) is 2.08. The van der Waals surface area contributed by atoms with Crippen molar-refractivity contribution in [2.24, 2.45) is 0 Å². The number of anilines is 1. The van der Waals surface area contributed by atoms with Gasteiger partial charge in [0.25, 0.3) is 0 Å². The van der Waals surface area contributed by atoms with Crippen LogP contribution in [0.3, 0.4) is 0 Å². The number of nitrogens with one attached hydrogen (secondary N) is 1. The standard InChI is InChI=1S/C16H18FNO2/c1-12-6-2-4-8-15(12)18-10-13(19)11-20-16-9-5-3-7-14(16)17/h2-9,13,18-19H,10-11H2,1H3. The van der Waals surface area contributed by atoms with E-state index in [0.29, 0.717) is 6.54 Å². The second kappa shape index (κ2) is 6.91. The van der Waals surface area contributed by atoms with Crippen molar-refractivity contribution in [1.82, 2.24) is 0 Å². The SMILES string of the molecule is Cc1ccccc1NCC(O)COc1ccccc1F. The van der Waals surface area contributed by atoms with Crippen LogP contribution in [-0.2, 0) is 0 Å². The van der Waals surface area contributed by atoms with E-state index in [4.69, 9.17) is 4.74 Å². The molecule has 4 heteroatoms. The zero-order valence-electron chi connectivity index (χ0n) is 11.3. The van der Waals surface area contributed by atoms with Crippen LogP contribution in [0, 0.1) is 12.7 Å². The van der Waals surface area contributed by atoms with Gasteiger partial charge in [0, 0.05) is 12.2 Å². The number of hydrogen-bond donors (Lipinski definition) is 2. The summed E-state index contributed by atoms with van der Waals surface area (Å²) < 4.78 is 18.6. The van der Waals surface area contributed by atoms with Gasteiger partial charge in [0.15, 0.2) is 11.6 Å². The monoisotopic (exact) mass is 275 g/mol. The van der Waals surface area contributed by atoms with Gasteiger partial charge in [-0.15, -0.1) is 0 Å². The highest BCUT2D eigenvalue weighted by molar-refractivity contribution is 5.50. The van der Waals surface area contributed by atoms with E-state index in [-0.39, 0.29) is 12.4 Å². The maximum Gasteiger partial charge on any atom is 0.165 e. The lowest BCUT2D eigenvalue weighted by Gasteiger charge is -2.15. The summed E-state index contributed by atoms with van der Waals surface area (Å²) in [6.07, 6.45) is -0.714. The van der Waals surface area contributed by atoms with Crippen LogP contribution >= 0.6 is 0 Å². The summed E-state index contributed by atoms with van der Waals surface area (Å²) in [5, 5.41) is 13.0. The van der Waals surface area contributed by atoms with Crippen LogP contribution in [0.15, 0.2) is 48.5 Å². The average molecular weight is 275 g/mol. The number of rotatable bonds is 6. The predicted octanol–water partition coefficient (Wildman–Crippen LogP) is 2.99. The van der Waals surface area contributed by atoms with Gasteiger partial charge in [-0.1, -0.05) is 30.3 Å². The number of hydrogen-bond acceptors (Lipinski definition) is 3. The summed E-state index contributed by atoms with van der Waals surface area (Å²) in [6.45, 7) is 2.38. The first kappa shape index (κ1) is 14.3. The Morgan fingerprint density at radius 2 is 1.85 bits per heavy atom. The van der Waals surface area contributed by atoms with Gasteiger partial charge in [0.2, 0.25) is 0 Å². The van der Waals surface area contributed by atoms with E-state index in [1.54, 1.807) is 12.1 Å². The molecule has 0 heterocycles. The normalized spacial score (nSPS) is 11.9. The van der Waals surface area contributed by atoms with Gasteiger partial charge in [-0.05, 0) is 30.7 Å². The molecule has 2 aromatic carbocycles. The molecule has 0 amide bonds. The Balaban J connectivity index is 1.80. The number of benzene rings is 2. The van der Waals surface area contributed by atoms with Crippen molar-refractivity contribution >= 4 is 5.69 Å². The van der Waals surface area contributed by atoms with Crippen molar-refractivity contribution in [1.29, 1.82) is 0 Å². The lowest BCUT2D eigenvalue weighted by atomic mass is 10.2. The van der Waals surface area contributed by atoms with E-state index < -0.39 is 11.9 Å². The van der Waals surface area contributed by atoms with Gasteiger partial charge in [-0.2, -0.15) is 0 Å². The van der Waals surface area contributed by atoms with Crippen LogP contribution in [0.25, 0.3) is 0 Å². The lowest BCUT2D eigenvalue weighted by molar-refractivity contribution is 0.115. The van der Waals surface area contributed by atoms with E-state index in [1.165, 1.54) is 12.1 Å². The van der Waals surface area contributed by atoms with Crippen molar-refractivity contribution in [3.8, 4) is 5.75 Å². The van der Waals surface area contributed by atoms with Gasteiger partial charge in [-0.3, -0.25) is 0 Å². The quantitative estimate of drug-likeness (QED) is 0.851. The minimum Gasteiger partial charge on any atom is -0.488 e. The lowest BCUT2D eigenvalue weighted by Crippen LogP contribution is -2.26. The smallest absolute Gasteiger partial charge is 0.165 e. The van der Waals surface area contributed by atoms with E-state index in [0.717, 1.165) is 11.3 Å². The first-order valence-electron chi connectivity index (χ1n) is 6.51. The molecule has 0 saturated carbocycles. The van der Waals surface area contributed by atoms with Crippen LogP contribution < -0.4 is 10.1 Å². The molecule has 0 aromatic heterocycles. The molecular formula is C16H18FNO2. The highest BCUT2D eigenvalue weighted by Crippen LogP contribution is 2.16. The van der Waals surface area contributed by atoms with Crippen molar-refractivity contribution in [3.63, 3.8) is 0 Å². The molecule has 106 valence electrons. The summed E-state index contributed by atoms with van der Waals surface area (Å²) in [6, 6.07) is 14.0. The fraction of sp³-hybridized carbons (Fsp3) is 0.250. The first-order valence-corrected chi connectivity index (χ1v) is 6.51. The molecule has 2 aromatic rings. The molecular weight excluding hydrogens is 257 g/mol. The zero-order chi connectivity index (χ0) is 14.4. The third kappa shape index (κ3) is 3.96. The second-order valence-electron chi connectivity index (χ2n) is 4.59. The van der Waals surface area contributed by atoms with Gasteiger partial charge in [-0.25, -0.2) is 4.39 Å². The minimum absolute atomic E-state index is 0.0415. The summed E-state index contributed by atoms with van der Waals surface area (Å²) >= 11 is 0. The van der Waals surface area contributed by atoms with Crippen molar-refractivity contribution < 1.29 is 14.2 Å². The third-order valence-corrected chi connectivity index (χ3v) is 2.94. The summed E-state index contributed by atoms with van der Waals surface area (Å²) in [4.78, 5) is 0. The second-order valence-corrected chi connectivity index (χ2v) is 4.59. The maximum absolute atomic E-state index is 13.3. The Labute approximate surface area is 118 Å². The number of halogens is 1. The fourth-order valence-electron chi connectivity index (χ4n) is 1.81. The molecule has 0 spiro atoms. The zero-order valence-corrected chi connectivity index (χ0v) is 11.3. The van der Waals surface area contributed by atoms with E-state index in [2.05, 4.69) is 5.32 Å². The van der Waals surface area contributed by atoms with E-state index in [1.807, 2.05) is 31.2 Å². The Morgan fingerprint density at radius 1 is 1.15 bits per heavy atom. The third-order valence-electron chi connectivity index (χ3n) is 2.94. The largest absolute Gasteiger partial charge is 0.488 e. The average Bonchev–Trinajstić information content (AvgIpc) is 2.45. The topological polar surface area (TPSA) is 41.5 Å². The molecule has 1 atom stereocenters. The summed E-state index contributed by atoms with van der Waals surface area (Å²) in [7, 11) is 0. The molecule has 3 nitrogen and oxygen atoms in total. The predicted molar refractivity (Wildman–Crippen MR) is 77.6 cm³/mol. The van der Waals surface area contributed by atoms with Gasteiger partial charge in [0.1, 0.15) is 12.7 Å². The molecule has 0 radical (unpaired) electrons. The molecule has 1 unspecified atom stereocenters. The molecule has 2 N–H and O–H groups in total. The summed E-state index contributed by atoms with van der Waals surface area (Å²) in [5.74, 6) is -0.269. The Kier molecular flexibility index (Phi) is 4.96. The maximum atomic E-state index is 13.3. The number of aliphatic hydroxyl groups excluding tert-OH is 1. The highest BCUT2D eigenvalue weighted by Gasteiger charge is 2.08. The van der Waals surface area contributed by atoms with Crippen LogP contribution in [-0.4, -0.2) is 24.4 Å². The van der Waals surface area contributed by atoms with Crippen molar-refractivity contribution in [2.75, 3.05) is 18.5 Å². The van der Waals surface area contributed by atoms with E-state index in [9.17, 15) is 9.50 Å². The molecule has 0 aliphatic carbocycles. The molecule has 0 aliphatic rings. The Morgan fingerprint density at radius 3 is 2.60 bits per heavy atom. The van der Waals surface area contributed by atoms with Gasteiger partial charge < -0.3 is 15.2 Å². The van der Waals surface area contributed by atoms with Gasteiger partial charge >= 0.3 is 0 Å². The Hall–Kier alpha value is -2.07. The molecule has 20 heavy (non-hydrogen) atoms. The molecule has 2 rings (SSSR count). The van der Waals surface area contributed by atoms with Crippen LogP contribution in [0.1, 0.15) is 5.56 Å². The number of aliphatic hydroxyl groups is 1. The molecule has 0 fully saturated rings. The first-order chi connectivity index (χ1) is 9.66. The number of aryl methyl sites for hydroxylation is 1. The van der Waals surface area contributed by atoms with Crippen molar-refractivity contribution in [3.05, 3.63) is 59.9 Å². The van der Waals surface area contributed by atoms with Gasteiger partial charge in [0.05, 0.1) is 0 Å². The van der Waals surface area contributed by atoms with Crippen LogP contribution in [0.5, 0.6) is 5.75 Å². The number of para-hydroxylation sites is 2. The molecule has 0 bridgehead atoms. The molecule has 0 aliphatic heterocycles. The number of ether oxygens (including phenoxy) is 1. The minimum atomic E-state index is -0.714. The van der Waals surface area contributed by atoms with Crippen LogP contribution in [0.4, 0.5) is 10.1 Å². The van der Waals surface area contributed by atoms with Crippen molar-refractivity contribution in [2.45, 2.75) is 13.0 Å². The van der Waals surface area contributed by atoms with Crippen LogP contribution in [0.2, 0.25) is 0 Å².